The molecule has 0 spiro atoms. The van der Waals surface area contributed by atoms with E-state index in [-0.39, 0.29) is 0 Å². The molecule has 15 heavy (non-hydrogen) atoms. The molecular weight excluding hydrogens is 279 g/mol. The Bertz CT molecular complexity index is 363. The average molecular weight is 292 g/mol. The zero-order valence-corrected chi connectivity index (χ0v) is 10.9. The van der Waals surface area contributed by atoms with Crippen molar-refractivity contribution in [3.63, 3.8) is 0 Å². The van der Waals surface area contributed by atoms with Gasteiger partial charge in [-0.1, -0.05) is 28.1 Å². The van der Waals surface area contributed by atoms with Crippen molar-refractivity contribution in [2.45, 2.75) is 18.7 Å². The monoisotopic (exact) mass is 290 g/mol. The molecule has 1 rings (SSSR count). The molecule has 1 aromatic carbocycles. The minimum Gasteiger partial charge on any atom is -0.464 e. The minimum atomic E-state index is -1.13. The summed E-state index contributed by atoms with van der Waals surface area (Å²) < 4.78 is 5.80. The number of esters is 1. The van der Waals surface area contributed by atoms with Gasteiger partial charge >= 0.3 is 5.97 Å². The highest BCUT2D eigenvalue weighted by molar-refractivity contribution is 9.10. The summed E-state index contributed by atoms with van der Waals surface area (Å²) >= 11 is 9.50. The fourth-order valence-corrected chi connectivity index (χ4v) is 1.74. The van der Waals surface area contributed by atoms with Crippen LogP contribution in [0.2, 0.25) is 0 Å². The van der Waals surface area contributed by atoms with Gasteiger partial charge in [-0.05, 0) is 31.5 Å². The van der Waals surface area contributed by atoms with Crippen molar-refractivity contribution < 1.29 is 9.53 Å². The number of carbonyl (C=O) groups excluding carboxylic acids is 1. The van der Waals surface area contributed by atoms with Gasteiger partial charge in [0.2, 0.25) is 0 Å². The first-order chi connectivity index (χ1) is 6.98. The number of hydrogen-bond donors (Lipinski definition) is 0. The van der Waals surface area contributed by atoms with Crippen molar-refractivity contribution >= 4 is 33.5 Å². The number of hydrogen-bond acceptors (Lipinski definition) is 2. The zero-order chi connectivity index (χ0) is 11.5. The lowest BCUT2D eigenvalue weighted by Crippen LogP contribution is -2.28. The van der Waals surface area contributed by atoms with E-state index in [1.165, 1.54) is 0 Å². The molecule has 0 bridgehead atoms. The Kier molecular flexibility index (Phi) is 4.17. The molecule has 0 aliphatic heterocycles. The SMILES string of the molecule is CCOC(=O)C(C)(Cl)c1cccc(Br)c1. The van der Waals surface area contributed by atoms with E-state index in [1.807, 2.05) is 18.2 Å². The Hall–Kier alpha value is -0.540. The smallest absolute Gasteiger partial charge is 0.331 e. The fourth-order valence-electron chi connectivity index (χ4n) is 1.16. The van der Waals surface area contributed by atoms with Crippen LogP contribution in [-0.4, -0.2) is 12.6 Å². The summed E-state index contributed by atoms with van der Waals surface area (Å²) in [5.41, 5.74) is 0.719. The maximum Gasteiger partial charge on any atom is 0.331 e. The third kappa shape index (κ3) is 2.95. The van der Waals surface area contributed by atoms with Gasteiger partial charge in [-0.3, -0.25) is 0 Å². The lowest BCUT2D eigenvalue weighted by Gasteiger charge is -2.20. The Morgan fingerprint density at radius 2 is 2.27 bits per heavy atom. The molecule has 0 aliphatic rings. The largest absolute Gasteiger partial charge is 0.464 e. The van der Waals surface area contributed by atoms with E-state index in [0.29, 0.717) is 6.61 Å². The number of carbonyl (C=O) groups is 1. The van der Waals surface area contributed by atoms with Crippen LogP contribution in [0.1, 0.15) is 19.4 Å². The first kappa shape index (κ1) is 12.5. The van der Waals surface area contributed by atoms with Crippen molar-refractivity contribution in [3.05, 3.63) is 34.3 Å². The molecule has 1 unspecified atom stereocenters. The fraction of sp³-hybridized carbons (Fsp3) is 0.364. The number of halogens is 2. The lowest BCUT2D eigenvalue weighted by atomic mass is 10.0. The molecule has 0 fully saturated rings. The summed E-state index contributed by atoms with van der Waals surface area (Å²) in [5, 5.41) is 0. The van der Waals surface area contributed by atoms with Crippen LogP contribution in [0, 0.1) is 0 Å². The van der Waals surface area contributed by atoms with Crippen LogP contribution in [-0.2, 0) is 14.4 Å². The quantitative estimate of drug-likeness (QED) is 0.630. The zero-order valence-electron chi connectivity index (χ0n) is 8.59. The molecule has 0 aromatic heterocycles. The molecule has 0 amide bonds. The molecule has 1 atom stereocenters. The molecule has 0 N–H and O–H groups in total. The van der Waals surface area contributed by atoms with Crippen LogP contribution in [0.25, 0.3) is 0 Å². The molecule has 0 radical (unpaired) electrons. The van der Waals surface area contributed by atoms with Gasteiger partial charge in [0.05, 0.1) is 6.61 Å². The van der Waals surface area contributed by atoms with E-state index in [4.69, 9.17) is 16.3 Å². The van der Waals surface area contributed by atoms with Gasteiger partial charge in [-0.15, -0.1) is 11.6 Å². The van der Waals surface area contributed by atoms with Crippen molar-refractivity contribution in [1.82, 2.24) is 0 Å². The summed E-state index contributed by atoms with van der Waals surface area (Å²) in [7, 11) is 0. The summed E-state index contributed by atoms with van der Waals surface area (Å²) in [6, 6.07) is 7.32. The summed E-state index contributed by atoms with van der Waals surface area (Å²) in [6.45, 7) is 3.72. The van der Waals surface area contributed by atoms with Crippen molar-refractivity contribution in [3.8, 4) is 0 Å². The normalized spacial score (nSPS) is 14.4. The van der Waals surface area contributed by atoms with Gasteiger partial charge in [-0.2, -0.15) is 0 Å². The van der Waals surface area contributed by atoms with E-state index in [1.54, 1.807) is 19.9 Å². The van der Waals surface area contributed by atoms with Crippen molar-refractivity contribution in [2.24, 2.45) is 0 Å². The third-order valence-electron chi connectivity index (χ3n) is 2.03. The second kappa shape index (κ2) is 4.99. The van der Waals surface area contributed by atoms with Gasteiger partial charge in [0.25, 0.3) is 0 Å². The van der Waals surface area contributed by atoms with E-state index in [9.17, 15) is 4.79 Å². The first-order valence-corrected chi connectivity index (χ1v) is 5.77. The summed E-state index contributed by atoms with van der Waals surface area (Å²) in [6.07, 6.45) is 0. The molecule has 1 aromatic rings. The molecule has 0 heterocycles. The minimum absolute atomic E-state index is 0.329. The topological polar surface area (TPSA) is 26.3 Å². The maximum absolute atomic E-state index is 11.6. The van der Waals surface area contributed by atoms with E-state index >= 15 is 0 Å². The number of alkyl halides is 1. The van der Waals surface area contributed by atoms with Gasteiger partial charge < -0.3 is 4.74 Å². The summed E-state index contributed by atoms with van der Waals surface area (Å²) in [5.74, 6) is -0.426. The standard InChI is InChI=1S/C11H12BrClO2/c1-3-15-10(14)11(2,13)8-5-4-6-9(12)7-8/h4-7H,3H2,1-2H3. The Morgan fingerprint density at radius 1 is 1.60 bits per heavy atom. The highest BCUT2D eigenvalue weighted by Gasteiger charge is 2.34. The summed E-state index contributed by atoms with van der Waals surface area (Å²) in [4.78, 5) is 10.5. The predicted octanol–water partition coefficient (Wildman–Crippen LogP) is 3.47. The molecule has 0 saturated heterocycles. The number of benzene rings is 1. The number of ether oxygens (including phenoxy) is 1. The highest BCUT2D eigenvalue weighted by Crippen LogP contribution is 2.31. The van der Waals surface area contributed by atoms with E-state index < -0.39 is 10.8 Å². The maximum atomic E-state index is 11.6. The predicted molar refractivity (Wildman–Crippen MR) is 64.0 cm³/mol. The molecular formula is C11H12BrClO2. The second-order valence-corrected chi connectivity index (χ2v) is 4.91. The lowest BCUT2D eigenvalue weighted by molar-refractivity contribution is -0.146. The van der Waals surface area contributed by atoms with Gasteiger partial charge in [0.15, 0.2) is 4.87 Å². The van der Waals surface area contributed by atoms with Crippen LogP contribution < -0.4 is 0 Å². The Labute approximate surface area is 103 Å². The van der Waals surface area contributed by atoms with Crippen LogP contribution in [0.5, 0.6) is 0 Å². The second-order valence-electron chi connectivity index (χ2n) is 3.23. The van der Waals surface area contributed by atoms with Crippen molar-refractivity contribution in [2.75, 3.05) is 6.61 Å². The van der Waals surface area contributed by atoms with Gasteiger partial charge in [-0.25, -0.2) is 4.79 Å². The van der Waals surface area contributed by atoms with Gasteiger partial charge in [0, 0.05) is 4.47 Å². The molecule has 2 nitrogen and oxygen atoms in total. The first-order valence-electron chi connectivity index (χ1n) is 4.60. The third-order valence-corrected chi connectivity index (χ3v) is 2.89. The van der Waals surface area contributed by atoms with Crippen LogP contribution in [0.3, 0.4) is 0 Å². The molecule has 82 valence electrons. The Morgan fingerprint density at radius 3 is 2.80 bits per heavy atom. The van der Waals surface area contributed by atoms with Crippen LogP contribution in [0.4, 0.5) is 0 Å². The molecule has 0 aliphatic carbocycles. The average Bonchev–Trinajstić information content (AvgIpc) is 2.18. The number of rotatable bonds is 3. The van der Waals surface area contributed by atoms with Crippen molar-refractivity contribution in [1.29, 1.82) is 0 Å². The van der Waals surface area contributed by atoms with E-state index in [2.05, 4.69) is 15.9 Å². The van der Waals surface area contributed by atoms with Gasteiger partial charge in [0.1, 0.15) is 0 Å². The Balaban J connectivity index is 2.99. The van der Waals surface area contributed by atoms with Crippen LogP contribution in [0.15, 0.2) is 28.7 Å². The van der Waals surface area contributed by atoms with Crippen LogP contribution >= 0.6 is 27.5 Å². The molecule has 0 saturated carbocycles. The van der Waals surface area contributed by atoms with E-state index in [0.717, 1.165) is 10.0 Å². The highest BCUT2D eigenvalue weighted by atomic mass is 79.9. The molecule has 4 heteroatoms.